The second-order valence-electron chi connectivity index (χ2n) is 9.02. The Hall–Kier alpha value is -3.01. The number of aldehydes is 1. The van der Waals surface area contributed by atoms with E-state index >= 15 is 0 Å². The number of fused-ring (bicyclic) bond motifs is 1. The molecule has 3 aromatic rings. The van der Waals surface area contributed by atoms with Gasteiger partial charge in [0, 0.05) is 49.5 Å². The standard InChI is InChI=1S/C26H31N3O5S/c1-34-10-3-11-35(32,33)29-8-6-19(7-9-29)24-16-28-26-22(15-25(27)31)13-21(14-23(24)26)20-5-2-4-18(12-20)17-30/h2,4-5,12-14,16-17,19,28H,3,6-11,15H2,1H3,(H2,27,31). The second kappa shape index (κ2) is 10.7. The number of hydrogen-bond donors (Lipinski definition) is 2. The molecule has 0 saturated carbocycles. The zero-order chi connectivity index (χ0) is 25.0. The molecule has 0 aliphatic carbocycles. The van der Waals surface area contributed by atoms with Crippen LogP contribution in [0, 0.1) is 0 Å². The van der Waals surface area contributed by atoms with Crippen LogP contribution < -0.4 is 5.73 Å². The van der Waals surface area contributed by atoms with Gasteiger partial charge in [-0.25, -0.2) is 12.7 Å². The number of hydrogen-bond acceptors (Lipinski definition) is 5. The van der Waals surface area contributed by atoms with Gasteiger partial charge in [0.2, 0.25) is 15.9 Å². The summed E-state index contributed by atoms with van der Waals surface area (Å²) in [6.45, 7) is 1.38. The van der Waals surface area contributed by atoms with E-state index in [0.29, 0.717) is 44.5 Å². The number of sulfonamides is 1. The van der Waals surface area contributed by atoms with Gasteiger partial charge in [-0.3, -0.25) is 9.59 Å². The van der Waals surface area contributed by atoms with Gasteiger partial charge in [0.15, 0.2) is 0 Å². The summed E-state index contributed by atoms with van der Waals surface area (Å²) in [5.74, 6) is -0.140. The molecular formula is C26H31N3O5S. The zero-order valence-electron chi connectivity index (χ0n) is 19.8. The highest BCUT2D eigenvalue weighted by Crippen LogP contribution is 2.37. The van der Waals surface area contributed by atoms with Gasteiger partial charge in [-0.05, 0) is 65.6 Å². The highest BCUT2D eigenvalue weighted by Gasteiger charge is 2.29. The number of aromatic amines is 1. The van der Waals surface area contributed by atoms with Crippen LogP contribution >= 0.6 is 0 Å². The Morgan fingerprint density at radius 3 is 2.66 bits per heavy atom. The number of piperidine rings is 1. The maximum absolute atomic E-state index is 12.7. The lowest BCUT2D eigenvalue weighted by Gasteiger charge is -2.31. The van der Waals surface area contributed by atoms with Crippen molar-refractivity contribution in [3.8, 4) is 11.1 Å². The number of carbonyl (C=O) groups excluding carboxylic acids is 2. The van der Waals surface area contributed by atoms with E-state index < -0.39 is 15.9 Å². The number of amides is 1. The molecule has 0 spiro atoms. The van der Waals surface area contributed by atoms with Gasteiger partial charge < -0.3 is 15.5 Å². The third kappa shape index (κ3) is 5.63. The fourth-order valence-corrected chi connectivity index (χ4v) is 6.42. The fraction of sp³-hybridized carbons (Fsp3) is 0.385. The van der Waals surface area contributed by atoms with Crippen molar-refractivity contribution in [3.63, 3.8) is 0 Å². The molecule has 35 heavy (non-hydrogen) atoms. The summed E-state index contributed by atoms with van der Waals surface area (Å²) in [6.07, 6.45) is 4.78. The molecule has 1 aliphatic heterocycles. The highest BCUT2D eigenvalue weighted by atomic mass is 32.2. The lowest BCUT2D eigenvalue weighted by molar-refractivity contribution is -0.117. The van der Waals surface area contributed by atoms with Crippen LogP contribution in [0.25, 0.3) is 22.0 Å². The first kappa shape index (κ1) is 25.1. The molecule has 0 bridgehead atoms. The molecule has 2 heterocycles. The predicted octanol–water partition coefficient (Wildman–Crippen LogP) is 3.22. The Morgan fingerprint density at radius 1 is 1.20 bits per heavy atom. The van der Waals surface area contributed by atoms with Gasteiger partial charge in [0.1, 0.15) is 6.29 Å². The van der Waals surface area contributed by atoms with Crippen LogP contribution in [0.5, 0.6) is 0 Å². The minimum Gasteiger partial charge on any atom is -0.385 e. The molecule has 0 unspecified atom stereocenters. The zero-order valence-corrected chi connectivity index (χ0v) is 20.6. The van der Waals surface area contributed by atoms with E-state index in [-0.39, 0.29) is 18.1 Å². The van der Waals surface area contributed by atoms with Crippen molar-refractivity contribution in [2.24, 2.45) is 5.73 Å². The van der Waals surface area contributed by atoms with E-state index in [9.17, 15) is 18.0 Å². The van der Waals surface area contributed by atoms with E-state index in [2.05, 4.69) is 11.1 Å². The first-order valence-corrected chi connectivity index (χ1v) is 13.4. The quantitative estimate of drug-likeness (QED) is 0.329. The lowest BCUT2D eigenvalue weighted by atomic mass is 9.88. The fourth-order valence-electron chi connectivity index (χ4n) is 4.91. The Balaban J connectivity index is 1.64. The summed E-state index contributed by atoms with van der Waals surface area (Å²) in [5, 5.41) is 0.997. The Labute approximate surface area is 205 Å². The predicted molar refractivity (Wildman–Crippen MR) is 136 cm³/mol. The monoisotopic (exact) mass is 497 g/mol. The van der Waals surface area contributed by atoms with Crippen molar-refractivity contribution in [1.82, 2.24) is 9.29 Å². The number of H-pyrrole nitrogens is 1. The Morgan fingerprint density at radius 2 is 1.97 bits per heavy atom. The van der Waals surface area contributed by atoms with E-state index in [4.69, 9.17) is 10.5 Å². The second-order valence-corrected chi connectivity index (χ2v) is 11.1. The van der Waals surface area contributed by atoms with Gasteiger partial charge >= 0.3 is 0 Å². The van der Waals surface area contributed by atoms with Crippen LogP contribution in [0.15, 0.2) is 42.6 Å². The number of nitrogens with one attached hydrogen (secondary N) is 1. The maximum Gasteiger partial charge on any atom is 0.221 e. The number of ether oxygens (including phenoxy) is 1. The highest BCUT2D eigenvalue weighted by molar-refractivity contribution is 7.89. The topological polar surface area (TPSA) is 123 Å². The molecule has 186 valence electrons. The smallest absolute Gasteiger partial charge is 0.221 e. The summed E-state index contributed by atoms with van der Waals surface area (Å²) >= 11 is 0. The number of nitrogens with two attached hydrogens (primary N) is 1. The molecular weight excluding hydrogens is 466 g/mol. The van der Waals surface area contributed by atoms with Gasteiger partial charge in [0.25, 0.3) is 0 Å². The molecule has 1 aromatic heterocycles. The minimum atomic E-state index is -3.29. The molecule has 4 rings (SSSR count). The minimum absolute atomic E-state index is 0.0931. The van der Waals surface area contributed by atoms with E-state index in [1.54, 1.807) is 17.5 Å². The normalized spacial score (nSPS) is 15.5. The van der Waals surface area contributed by atoms with Crippen molar-refractivity contribution in [2.75, 3.05) is 32.6 Å². The third-order valence-electron chi connectivity index (χ3n) is 6.66. The van der Waals surface area contributed by atoms with Crippen LogP contribution in [0.2, 0.25) is 0 Å². The maximum atomic E-state index is 12.7. The molecule has 8 nitrogen and oxygen atoms in total. The van der Waals surface area contributed by atoms with E-state index in [1.165, 1.54) is 0 Å². The molecule has 9 heteroatoms. The number of benzene rings is 2. The van der Waals surface area contributed by atoms with Crippen molar-refractivity contribution < 1.29 is 22.7 Å². The van der Waals surface area contributed by atoms with Crippen molar-refractivity contribution >= 4 is 33.1 Å². The number of aromatic nitrogens is 1. The summed E-state index contributed by atoms with van der Waals surface area (Å²) in [5.41, 5.74) is 10.7. The van der Waals surface area contributed by atoms with Crippen LogP contribution in [0.3, 0.4) is 0 Å². The number of methoxy groups -OCH3 is 1. The SMILES string of the molecule is COCCCS(=O)(=O)N1CCC(c2c[nH]c3c(CC(N)=O)cc(-c4cccc(C=O)c4)cc23)CC1. The Bertz CT molecular complexity index is 1320. The van der Waals surface area contributed by atoms with Crippen molar-refractivity contribution in [2.45, 2.75) is 31.6 Å². The Kier molecular flexibility index (Phi) is 7.69. The molecule has 1 fully saturated rings. The van der Waals surface area contributed by atoms with E-state index in [1.807, 2.05) is 30.5 Å². The molecule has 0 radical (unpaired) electrons. The molecule has 3 N–H and O–H groups in total. The molecule has 1 amide bonds. The summed E-state index contributed by atoms with van der Waals surface area (Å²) in [4.78, 5) is 26.4. The van der Waals surface area contributed by atoms with Gasteiger partial charge in [-0.2, -0.15) is 0 Å². The molecule has 1 saturated heterocycles. The van der Waals surface area contributed by atoms with E-state index in [0.717, 1.165) is 39.4 Å². The van der Waals surface area contributed by atoms with Crippen molar-refractivity contribution in [1.29, 1.82) is 0 Å². The van der Waals surface area contributed by atoms with Gasteiger partial charge in [-0.15, -0.1) is 0 Å². The molecule has 2 aromatic carbocycles. The number of carbonyl (C=O) groups is 2. The van der Waals surface area contributed by atoms with Crippen LogP contribution in [0.1, 0.15) is 46.7 Å². The summed E-state index contributed by atoms with van der Waals surface area (Å²) in [7, 11) is -1.73. The van der Waals surface area contributed by atoms with Gasteiger partial charge in [-0.1, -0.05) is 18.2 Å². The third-order valence-corrected chi connectivity index (χ3v) is 8.62. The average molecular weight is 498 g/mol. The largest absolute Gasteiger partial charge is 0.385 e. The number of nitrogens with zero attached hydrogens (tertiary/aromatic N) is 1. The summed E-state index contributed by atoms with van der Waals surface area (Å²) in [6, 6.07) is 11.3. The molecule has 1 aliphatic rings. The van der Waals surface area contributed by atoms with Gasteiger partial charge in [0.05, 0.1) is 12.2 Å². The van der Waals surface area contributed by atoms with Crippen LogP contribution in [0.4, 0.5) is 0 Å². The average Bonchev–Trinajstić information content (AvgIpc) is 3.28. The van der Waals surface area contributed by atoms with Crippen LogP contribution in [-0.2, 0) is 26.0 Å². The lowest BCUT2D eigenvalue weighted by Crippen LogP contribution is -2.39. The number of rotatable bonds is 10. The first-order valence-electron chi connectivity index (χ1n) is 11.8. The number of primary amides is 1. The van der Waals surface area contributed by atoms with Crippen LogP contribution in [-0.4, -0.2) is 62.5 Å². The molecule has 0 atom stereocenters. The first-order chi connectivity index (χ1) is 16.8. The van der Waals surface area contributed by atoms with Crippen molar-refractivity contribution in [3.05, 3.63) is 59.3 Å². The summed E-state index contributed by atoms with van der Waals surface area (Å²) < 4.78 is 31.9.